The summed E-state index contributed by atoms with van der Waals surface area (Å²) < 4.78 is 5.63. The van der Waals surface area contributed by atoms with E-state index in [0.29, 0.717) is 0 Å². The van der Waals surface area contributed by atoms with Gasteiger partial charge in [0.15, 0.2) is 0 Å². The van der Waals surface area contributed by atoms with Crippen molar-refractivity contribution < 1.29 is 4.74 Å². The van der Waals surface area contributed by atoms with Crippen LogP contribution in [0.1, 0.15) is 29.7 Å². The highest BCUT2D eigenvalue weighted by Crippen LogP contribution is 2.35. The molecule has 2 aromatic rings. The molecule has 112 valence electrons. The smallest absolute Gasteiger partial charge is 0.226 e. The van der Waals surface area contributed by atoms with Crippen LogP contribution in [0.2, 0.25) is 0 Å². The van der Waals surface area contributed by atoms with Gasteiger partial charge in [-0.2, -0.15) is 0 Å². The zero-order chi connectivity index (χ0) is 14.5. The molecule has 1 aromatic heterocycles. The average molecular weight is 293 g/mol. The molecule has 2 aliphatic heterocycles. The van der Waals surface area contributed by atoms with E-state index in [4.69, 9.17) is 14.7 Å². The van der Waals surface area contributed by atoms with Crippen molar-refractivity contribution in [2.24, 2.45) is 0 Å². The normalized spacial score (nSPS) is 18.6. The van der Waals surface area contributed by atoms with Crippen molar-refractivity contribution in [3.63, 3.8) is 0 Å². The second-order valence-corrected chi connectivity index (χ2v) is 6.41. The summed E-state index contributed by atoms with van der Waals surface area (Å²) in [5.41, 5.74) is 6.32. The molecule has 0 saturated carbocycles. The van der Waals surface area contributed by atoms with E-state index in [1.807, 2.05) is 0 Å². The van der Waals surface area contributed by atoms with Gasteiger partial charge in [-0.15, -0.1) is 0 Å². The van der Waals surface area contributed by atoms with E-state index >= 15 is 0 Å². The Morgan fingerprint density at radius 1 is 1.00 bits per heavy atom. The molecule has 0 unspecified atom stereocenters. The first-order valence-corrected chi connectivity index (χ1v) is 8.29. The number of rotatable bonds is 2. The third-order valence-corrected chi connectivity index (χ3v) is 5.02. The first kappa shape index (κ1) is 12.4. The van der Waals surface area contributed by atoms with Gasteiger partial charge in [-0.25, -0.2) is 9.97 Å². The zero-order valence-corrected chi connectivity index (χ0v) is 12.6. The van der Waals surface area contributed by atoms with Crippen molar-refractivity contribution in [1.82, 2.24) is 9.97 Å². The fourth-order valence-corrected chi connectivity index (χ4v) is 3.65. The van der Waals surface area contributed by atoms with Crippen LogP contribution in [-0.2, 0) is 19.3 Å². The zero-order valence-electron chi connectivity index (χ0n) is 12.6. The van der Waals surface area contributed by atoms with E-state index in [2.05, 4.69) is 23.1 Å². The highest BCUT2D eigenvalue weighted by molar-refractivity contribution is 5.68. The maximum atomic E-state index is 5.63. The van der Waals surface area contributed by atoms with Crippen LogP contribution in [-0.4, -0.2) is 29.7 Å². The molecular formula is C18H19N3O. The molecule has 4 heteroatoms. The first-order valence-electron chi connectivity index (χ1n) is 8.29. The highest BCUT2D eigenvalue weighted by Gasteiger charge is 2.25. The third kappa shape index (κ3) is 1.83. The lowest BCUT2D eigenvalue weighted by atomic mass is 10.0. The topological polar surface area (TPSA) is 38.2 Å². The Bertz CT molecular complexity index is 752. The van der Waals surface area contributed by atoms with Crippen molar-refractivity contribution in [2.45, 2.75) is 32.1 Å². The van der Waals surface area contributed by atoms with Crippen LogP contribution >= 0.6 is 0 Å². The van der Waals surface area contributed by atoms with E-state index < -0.39 is 0 Å². The van der Waals surface area contributed by atoms with Crippen LogP contribution in [0.4, 0.5) is 5.95 Å². The van der Waals surface area contributed by atoms with Crippen LogP contribution in [0.5, 0.6) is 5.75 Å². The molecule has 0 amide bonds. The first-order chi connectivity index (χ1) is 10.9. The molecule has 3 aliphatic rings. The summed E-state index contributed by atoms with van der Waals surface area (Å²) in [4.78, 5) is 12.1. The minimum Gasteiger partial charge on any atom is -0.493 e. The standard InChI is InChI=1S/C18H19N3O/c1-3-14-15(4-1)19-18(21-8-2-9-21)20-17(14)13-5-6-16-12(11-13)7-10-22-16/h5-6,11H,1-4,7-10H2. The molecule has 1 saturated heterocycles. The summed E-state index contributed by atoms with van der Waals surface area (Å²) in [7, 11) is 0. The summed E-state index contributed by atoms with van der Waals surface area (Å²) in [5, 5.41) is 0. The van der Waals surface area contributed by atoms with Gasteiger partial charge in [0.25, 0.3) is 0 Å². The SMILES string of the molecule is c1cc2c(cc1-c1nc(N3CCC3)nc3c1CCC3)CCO2. The Kier molecular flexibility index (Phi) is 2.66. The van der Waals surface area contributed by atoms with E-state index in [-0.39, 0.29) is 0 Å². The van der Waals surface area contributed by atoms with Gasteiger partial charge in [0.2, 0.25) is 5.95 Å². The second kappa shape index (κ2) is 4.70. The van der Waals surface area contributed by atoms with Gasteiger partial charge in [0.05, 0.1) is 12.3 Å². The Labute approximate surface area is 130 Å². The summed E-state index contributed by atoms with van der Waals surface area (Å²) in [6.07, 6.45) is 5.67. The predicted octanol–water partition coefficient (Wildman–Crippen LogP) is 2.78. The minimum absolute atomic E-state index is 0.805. The molecule has 1 aliphatic carbocycles. The molecule has 1 fully saturated rings. The van der Waals surface area contributed by atoms with E-state index in [1.165, 1.54) is 35.2 Å². The van der Waals surface area contributed by atoms with Crippen LogP contribution in [0, 0.1) is 0 Å². The van der Waals surface area contributed by atoms with Gasteiger partial charge in [-0.3, -0.25) is 0 Å². The second-order valence-electron chi connectivity index (χ2n) is 6.41. The maximum absolute atomic E-state index is 5.63. The quantitative estimate of drug-likeness (QED) is 0.853. The number of fused-ring (bicyclic) bond motifs is 2. The Hall–Kier alpha value is -2.10. The summed E-state index contributed by atoms with van der Waals surface area (Å²) in [5.74, 6) is 1.97. The van der Waals surface area contributed by atoms with Gasteiger partial charge in [0, 0.05) is 36.3 Å². The van der Waals surface area contributed by atoms with Crippen molar-refractivity contribution in [2.75, 3.05) is 24.6 Å². The summed E-state index contributed by atoms with van der Waals surface area (Å²) >= 11 is 0. The Balaban J connectivity index is 1.65. The Morgan fingerprint density at radius 2 is 1.95 bits per heavy atom. The van der Waals surface area contributed by atoms with Crippen molar-refractivity contribution in [1.29, 1.82) is 0 Å². The number of benzene rings is 1. The molecule has 1 aromatic carbocycles. The fraction of sp³-hybridized carbons (Fsp3) is 0.444. The van der Waals surface area contributed by atoms with Crippen LogP contribution in [0.15, 0.2) is 18.2 Å². The van der Waals surface area contributed by atoms with Gasteiger partial charge < -0.3 is 9.64 Å². The molecule has 5 rings (SSSR count). The van der Waals surface area contributed by atoms with E-state index in [9.17, 15) is 0 Å². The van der Waals surface area contributed by atoms with Gasteiger partial charge in [-0.1, -0.05) is 0 Å². The average Bonchev–Trinajstić information content (AvgIpc) is 3.12. The number of aromatic nitrogens is 2. The molecule has 0 atom stereocenters. The van der Waals surface area contributed by atoms with E-state index in [0.717, 1.165) is 56.4 Å². The molecule has 0 N–H and O–H groups in total. The maximum Gasteiger partial charge on any atom is 0.226 e. The predicted molar refractivity (Wildman–Crippen MR) is 85.5 cm³/mol. The minimum atomic E-state index is 0.805. The number of anilines is 1. The van der Waals surface area contributed by atoms with Gasteiger partial charge in [0.1, 0.15) is 5.75 Å². The number of hydrogen-bond acceptors (Lipinski definition) is 4. The van der Waals surface area contributed by atoms with Crippen LogP contribution in [0.3, 0.4) is 0 Å². The molecule has 0 radical (unpaired) electrons. The van der Waals surface area contributed by atoms with Crippen LogP contribution in [0.25, 0.3) is 11.3 Å². The fourth-order valence-electron chi connectivity index (χ4n) is 3.65. The summed E-state index contributed by atoms with van der Waals surface area (Å²) in [6.45, 7) is 2.99. The lowest BCUT2D eigenvalue weighted by Crippen LogP contribution is -2.38. The lowest BCUT2D eigenvalue weighted by Gasteiger charge is -2.31. The highest BCUT2D eigenvalue weighted by atomic mass is 16.5. The lowest BCUT2D eigenvalue weighted by molar-refractivity contribution is 0.357. The van der Waals surface area contributed by atoms with Crippen molar-refractivity contribution >= 4 is 5.95 Å². The van der Waals surface area contributed by atoms with Gasteiger partial charge >= 0.3 is 0 Å². The summed E-state index contributed by atoms with van der Waals surface area (Å²) in [6, 6.07) is 6.53. The molecule has 4 nitrogen and oxygen atoms in total. The molecule has 22 heavy (non-hydrogen) atoms. The number of nitrogens with zero attached hydrogens (tertiary/aromatic N) is 3. The van der Waals surface area contributed by atoms with Gasteiger partial charge in [-0.05, 0) is 49.4 Å². The molecule has 0 bridgehead atoms. The monoisotopic (exact) mass is 293 g/mol. The Morgan fingerprint density at radius 3 is 2.82 bits per heavy atom. The number of hydrogen-bond donors (Lipinski definition) is 0. The number of aryl methyl sites for hydroxylation is 1. The van der Waals surface area contributed by atoms with Crippen molar-refractivity contribution in [3.8, 4) is 17.0 Å². The molecule has 0 spiro atoms. The van der Waals surface area contributed by atoms with Crippen molar-refractivity contribution in [3.05, 3.63) is 35.0 Å². The van der Waals surface area contributed by atoms with Crippen LogP contribution < -0.4 is 9.64 Å². The van der Waals surface area contributed by atoms with E-state index in [1.54, 1.807) is 0 Å². The molecular weight excluding hydrogens is 274 g/mol. The molecule has 3 heterocycles. The largest absolute Gasteiger partial charge is 0.493 e. The number of ether oxygens (including phenoxy) is 1. The third-order valence-electron chi connectivity index (χ3n) is 5.02.